The third kappa shape index (κ3) is 5.02. The molecule has 0 aliphatic heterocycles. The molecule has 59 heavy (non-hydrogen) atoms. The molecule has 4 heterocycles. The minimum absolute atomic E-state index is 0.872. The Labute approximate surface area is 351 Å². The number of thiophene rings is 3. The molecule has 0 amide bonds. The smallest absolute Gasteiger partial charge is 0.159 e. The van der Waals surface area contributed by atoms with E-state index in [-0.39, 0.29) is 0 Å². The van der Waals surface area contributed by atoms with Crippen molar-refractivity contribution in [2.24, 2.45) is 0 Å². The van der Waals surface area contributed by atoms with Gasteiger partial charge in [0.15, 0.2) is 5.58 Å². The van der Waals surface area contributed by atoms with Crippen molar-refractivity contribution in [1.29, 1.82) is 0 Å². The van der Waals surface area contributed by atoms with E-state index in [9.17, 15) is 0 Å². The average molecular weight is 806 g/mol. The van der Waals surface area contributed by atoms with Crippen molar-refractivity contribution in [2.45, 2.75) is 0 Å². The molecule has 0 aliphatic rings. The van der Waals surface area contributed by atoms with Gasteiger partial charge in [0.2, 0.25) is 0 Å². The van der Waals surface area contributed by atoms with Gasteiger partial charge in [0.25, 0.3) is 0 Å². The number of hydrogen-bond acceptors (Lipinski definition) is 5. The predicted octanol–water partition coefficient (Wildman–Crippen LogP) is 17.5. The third-order valence-electron chi connectivity index (χ3n) is 11.9. The molecule has 0 N–H and O–H groups in total. The molecule has 2 nitrogen and oxygen atoms in total. The van der Waals surface area contributed by atoms with Crippen LogP contribution in [-0.2, 0) is 0 Å². The lowest BCUT2D eigenvalue weighted by Gasteiger charge is -2.26. The number of furan rings is 1. The van der Waals surface area contributed by atoms with Crippen LogP contribution in [0, 0.1) is 0 Å². The normalized spacial score (nSPS) is 12.1. The van der Waals surface area contributed by atoms with E-state index in [2.05, 4.69) is 187 Å². The van der Waals surface area contributed by atoms with Gasteiger partial charge in [0, 0.05) is 82.7 Å². The fourth-order valence-electron chi connectivity index (χ4n) is 9.24. The maximum absolute atomic E-state index is 6.72. The summed E-state index contributed by atoms with van der Waals surface area (Å²) in [4.78, 5) is 2.37. The molecular weight excluding hydrogens is 775 g/mol. The van der Waals surface area contributed by atoms with Gasteiger partial charge in [0.1, 0.15) is 5.58 Å². The van der Waals surface area contributed by atoms with Crippen LogP contribution in [0.15, 0.2) is 192 Å². The number of hydrogen-bond donors (Lipinski definition) is 0. The average Bonchev–Trinajstić information content (AvgIpc) is 4.07. The van der Waals surface area contributed by atoms with Crippen molar-refractivity contribution in [3.8, 4) is 22.3 Å². The summed E-state index contributed by atoms with van der Waals surface area (Å²) in [5, 5.41) is 10.2. The first kappa shape index (κ1) is 33.2. The summed E-state index contributed by atoms with van der Waals surface area (Å²) in [5.74, 6) is 0. The Hall–Kier alpha value is -6.76. The first-order valence-corrected chi connectivity index (χ1v) is 22.3. The highest BCUT2D eigenvalue weighted by molar-refractivity contribution is 7.30. The summed E-state index contributed by atoms with van der Waals surface area (Å²) in [6.45, 7) is 0. The topological polar surface area (TPSA) is 16.4 Å². The first-order chi connectivity index (χ1) is 29.2. The predicted molar refractivity (Wildman–Crippen MR) is 258 cm³/mol. The second-order valence-corrected chi connectivity index (χ2v) is 18.3. The summed E-state index contributed by atoms with van der Waals surface area (Å²) in [5.41, 5.74) is 9.77. The molecule has 9 aromatic carbocycles. The Kier molecular flexibility index (Phi) is 7.25. The van der Waals surface area contributed by atoms with Crippen LogP contribution in [-0.4, -0.2) is 0 Å². The Morgan fingerprint density at radius 3 is 1.83 bits per heavy atom. The van der Waals surface area contributed by atoms with E-state index in [0.717, 1.165) is 39.0 Å². The molecule has 0 radical (unpaired) electrons. The number of nitrogens with zero attached hydrogens (tertiary/aromatic N) is 1. The van der Waals surface area contributed by atoms with Gasteiger partial charge in [-0.1, -0.05) is 127 Å². The van der Waals surface area contributed by atoms with E-state index in [4.69, 9.17) is 4.42 Å². The van der Waals surface area contributed by atoms with E-state index >= 15 is 0 Å². The lowest BCUT2D eigenvalue weighted by atomic mass is 9.98. The number of benzene rings is 9. The molecule has 0 atom stereocenters. The van der Waals surface area contributed by atoms with Crippen LogP contribution in [0.1, 0.15) is 0 Å². The summed E-state index contributed by atoms with van der Waals surface area (Å²) < 4.78 is 14.7. The number of rotatable bonds is 5. The van der Waals surface area contributed by atoms with Gasteiger partial charge in [-0.2, -0.15) is 0 Å². The van der Waals surface area contributed by atoms with Gasteiger partial charge in [-0.15, -0.1) is 34.0 Å². The van der Waals surface area contributed by atoms with Crippen LogP contribution in [0.3, 0.4) is 0 Å². The van der Waals surface area contributed by atoms with Crippen molar-refractivity contribution < 1.29 is 4.42 Å². The van der Waals surface area contributed by atoms with E-state index in [1.54, 1.807) is 0 Å². The standard InChI is InChI=1S/C54H31NOS3/c1-4-21-45-38(13-1)41-18-9-20-44(52(41)56-45)55(34-27-25-32(26-28-34)37-17-8-19-42-39-14-2-5-22-46(39)58-53(37)42)35-12-7-11-33(31-35)36-16-10-24-48-50(36)51-49(57-48)30-29-43-40-15-3-6-23-47(40)59-54(43)51/h1-31H. The van der Waals surface area contributed by atoms with E-state index in [0.29, 0.717) is 0 Å². The molecule has 5 heteroatoms. The highest BCUT2D eigenvalue weighted by Crippen LogP contribution is 2.49. The molecule has 276 valence electrons. The van der Waals surface area contributed by atoms with Gasteiger partial charge < -0.3 is 9.32 Å². The minimum Gasteiger partial charge on any atom is -0.454 e. The maximum atomic E-state index is 6.72. The van der Waals surface area contributed by atoms with Crippen molar-refractivity contribution in [1.82, 2.24) is 0 Å². The van der Waals surface area contributed by atoms with Crippen molar-refractivity contribution in [3.63, 3.8) is 0 Å². The fourth-order valence-corrected chi connectivity index (χ4v) is 12.9. The molecule has 0 unspecified atom stereocenters. The van der Waals surface area contributed by atoms with Gasteiger partial charge in [-0.05, 0) is 82.9 Å². The number of fused-ring (bicyclic) bond motifs is 13. The molecule has 0 bridgehead atoms. The zero-order chi connectivity index (χ0) is 38.6. The molecule has 0 spiro atoms. The fraction of sp³-hybridized carbons (Fsp3) is 0. The molecule has 0 aliphatic carbocycles. The van der Waals surface area contributed by atoms with Crippen LogP contribution < -0.4 is 4.90 Å². The molecule has 13 rings (SSSR count). The summed E-state index contributed by atoms with van der Waals surface area (Å²) in [6, 6.07) is 68.6. The van der Waals surface area contributed by atoms with Gasteiger partial charge in [0.05, 0.1) is 5.69 Å². The highest BCUT2D eigenvalue weighted by Gasteiger charge is 2.22. The summed E-state index contributed by atoms with van der Waals surface area (Å²) in [7, 11) is 0. The van der Waals surface area contributed by atoms with Crippen molar-refractivity contribution >= 4 is 134 Å². The molecule has 0 saturated heterocycles. The third-order valence-corrected chi connectivity index (χ3v) is 15.4. The molecule has 0 saturated carbocycles. The number of para-hydroxylation sites is 2. The molecule has 0 fully saturated rings. The van der Waals surface area contributed by atoms with Crippen LogP contribution in [0.25, 0.3) is 105 Å². The van der Waals surface area contributed by atoms with Gasteiger partial charge >= 0.3 is 0 Å². The molecule has 13 aromatic rings. The van der Waals surface area contributed by atoms with Crippen LogP contribution in [0.2, 0.25) is 0 Å². The zero-order valence-electron chi connectivity index (χ0n) is 31.5. The Morgan fingerprint density at radius 2 is 0.983 bits per heavy atom. The first-order valence-electron chi connectivity index (χ1n) is 19.8. The highest BCUT2D eigenvalue weighted by atomic mass is 32.1. The van der Waals surface area contributed by atoms with E-state index in [1.165, 1.54) is 82.8 Å². The van der Waals surface area contributed by atoms with Crippen molar-refractivity contribution in [2.75, 3.05) is 4.90 Å². The Morgan fingerprint density at radius 1 is 0.356 bits per heavy atom. The maximum Gasteiger partial charge on any atom is 0.159 e. The van der Waals surface area contributed by atoms with Crippen LogP contribution in [0.5, 0.6) is 0 Å². The van der Waals surface area contributed by atoms with E-state index in [1.807, 2.05) is 40.1 Å². The number of anilines is 3. The van der Waals surface area contributed by atoms with Crippen LogP contribution >= 0.6 is 34.0 Å². The second kappa shape index (κ2) is 12.9. The lowest BCUT2D eigenvalue weighted by molar-refractivity contribution is 0.669. The molecule has 4 aromatic heterocycles. The largest absolute Gasteiger partial charge is 0.454 e. The minimum atomic E-state index is 0.872. The van der Waals surface area contributed by atoms with Crippen molar-refractivity contribution in [3.05, 3.63) is 188 Å². The van der Waals surface area contributed by atoms with Gasteiger partial charge in [-0.25, -0.2) is 0 Å². The summed E-state index contributed by atoms with van der Waals surface area (Å²) >= 11 is 5.67. The summed E-state index contributed by atoms with van der Waals surface area (Å²) in [6.07, 6.45) is 0. The zero-order valence-corrected chi connectivity index (χ0v) is 33.9. The second-order valence-electron chi connectivity index (χ2n) is 15.2. The van der Waals surface area contributed by atoms with Crippen LogP contribution in [0.4, 0.5) is 17.1 Å². The Balaban J connectivity index is 1.01. The molecular formula is C54H31NOS3. The van der Waals surface area contributed by atoms with Gasteiger partial charge in [-0.3, -0.25) is 0 Å². The monoisotopic (exact) mass is 805 g/mol. The SMILES string of the molecule is c1cc(-c2cccc3sc4ccc5c6ccccc6sc5c4c23)cc(N(c2ccc(-c3cccc4c3sc3ccccc34)cc2)c2cccc3c2oc2ccccc23)c1. The quantitative estimate of drug-likeness (QED) is 0.172. The lowest BCUT2D eigenvalue weighted by Crippen LogP contribution is -2.10. The Bertz CT molecular complexity index is 3810. The van der Waals surface area contributed by atoms with E-state index < -0.39 is 0 Å².